The summed E-state index contributed by atoms with van der Waals surface area (Å²) in [4.78, 5) is 4.76. The van der Waals surface area contributed by atoms with E-state index in [-0.39, 0.29) is 5.82 Å². The van der Waals surface area contributed by atoms with Crippen LogP contribution in [0.2, 0.25) is 0 Å². The van der Waals surface area contributed by atoms with Gasteiger partial charge in [0.2, 0.25) is 0 Å². The third kappa shape index (κ3) is 2.86. The normalized spacial score (nSPS) is 14.2. The SMILES string of the molecule is CCc1nc2c(n1CCc1ccc(F)cc1C)CCNC2. The Morgan fingerprint density at radius 1 is 1.38 bits per heavy atom. The standard InChI is InChI=1S/C17H22FN3/c1-3-17-20-15-11-19-8-6-16(15)21(17)9-7-13-4-5-14(18)10-12(13)2/h4-5,10,19H,3,6-9,11H2,1-2H3. The quantitative estimate of drug-likeness (QED) is 0.937. The molecule has 1 aromatic carbocycles. The van der Waals surface area contributed by atoms with Crippen molar-refractivity contribution in [2.75, 3.05) is 6.54 Å². The van der Waals surface area contributed by atoms with E-state index in [0.29, 0.717) is 0 Å². The maximum absolute atomic E-state index is 13.2. The van der Waals surface area contributed by atoms with E-state index >= 15 is 0 Å². The number of hydrogen-bond donors (Lipinski definition) is 1. The van der Waals surface area contributed by atoms with Crippen LogP contribution in [-0.2, 0) is 32.4 Å². The highest BCUT2D eigenvalue weighted by molar-refractivity contribution is 5.27. The molecular weight excluding hydrogens is 265 g/mol. The van der Waals surface area contributed by atoms with Gasteiger partial charge in [-0.1, -0.05) is 13.0 Å². The van der Waals surface area contributed by atoms with Crippen LogP contribution in [0.25, 0.3) is 0 Å². The number of aryl methyl sites for hydroxylation is 3. The molecule has 0 unspecified atom stereocenters. The molecule has 2 heterocycles. The van der Waals surface area contributed by atoms with Crippen LogP contribution in [0.4, 0.5) is 4.39 Å². The topological polar surface area (TPSA) is 29.9 Å². The summed E-state index contributed by atoms with van der Waals surface area (Å²) in [6, 6.07) is 5.07. The first-order chi connectivity index (χ1) is 10.2. The van der Waals surface area contributed by atoms with Gasteiger partial charge >= 0.3 is 0 Å². The molecule has 4 heteroatoms. The summed E-state index contributed by atoms with van der Waals surface area (Å²) < 4.78 is 15.6. The average molecular weight is 287 g/mol. The second-order valence-electron chi connectivity index (χ2n) is 5.67. The summed E-state index contributed by atoms with van der Waals surface area (Å²) in [5.41, 5.74) is 4.83. The molecule has 0 atom stereocenters. The van der Waals surface area contributed by atoms with Gasteiger partial charge in [0.25, 0.3) is 0 Å². The largest absolute Gasteiger partial charge is 0.331 e. The molecule has 3 rings (SSSR count). The fraction of sp³-hybridized carbons (Fsp3) is 0.471. The molecule has 1 aliphatic rings. The van der Waals surface area contributed by atoms with Crippen LogP contribution in [0.5, 0.6) is 0 Å². The lowest BCUT2D eigenvalue weighted by Crippen LogP contribution is -2.25. The molecule has 1 aromatic heterocycles. The molecule has 0 fully saturated rings. The van der Waals surface area contributed by atoms with Crippen molar-refractivity contribution in [1.82, 2.24) is 14.9 Å². The molecule has 1 N–H and O–H groups in total. The Bertz CT molecular complexity index is 646. The van der Waals surface area contributed by atoms with Gasteiger partial charge in [-0.15, -0.1) is 0 Å². The van der Waals surface area contributed by atoms with Crippen molar-refractivity contribution >= 4 is 0 Å². The van der Waals surface area contributed by atoms with Gasteiger partial charge in [-0.2, -0.15) is 0 Å². The molecule has 2 aromatic rings. The number of aromatic nitrogens is 2. The molecule has 3 nitrogen and oxygen atoms in total. The number of nitrogens with zero attached hydrogens (tertiary/aromatic N) is 2. The lowest BCUT2D eigenvalue weighted by Gasteiger charge is -2.16. The van der Waals surface area contributed by atoms with Crippen LogP contribution in [0.3, 0.4) is 0 Å². The lowest BCUT2D eigenvalue weighted by atomic mass is 10.1. The van der Waals surface area contributed by atoms with Gasteiger partial charge in [-0.3, -0.25) is 0 Å². The molecule has 21 heavy (non-hydrogen) atoms. The van der Waals surface area contributed by atoms with E-state index in [1.807, 2.05) is 13.0 Å². The van der Waals surface area contributed by atoms with Crippen LogP contribution in [0, 0.1) is 12.7 Å². The highest BCUT2D eigenvalue weighted by Crippen LogP contribution is 2.19. The number of fused-ring (bicyclic) bond motifs is 1. The monoisotopic (exact) mass is 287 g/mol. The summed E-state index contributed by atoms with van der Waals surface area (Å²) in [5, 5.41) is 3.38. The van der Waals surface area contributed by atoms with Crippen molar-refractivity contribution in [3.8, 4) is 0 Å². The van der Waals surface area contributed by atoms with Crippen LogP contribution < -0.4 is 5.32 Å². The third-order valence-electron chi connectivity index (χ3n) is 4.29. The van der Waals surface area contributed by atoms with E-state index in [2.05, 4.69) is 16.8 Å². The summed E-state index contributed by atoms with van der Waals surface area (Å²) in [6.07, 6.45) is 2.93. The minimum Gasteiger partial charge on any atom is -0.331 e. The number of rotatable bonds is 4. The Morgan fingerprint density at radius 2 is 2.24 bits per heavy atom. The molecule has 0 amide bonds. The van der Waals surface area contributed by atoms with Gasteiger partial charge in [-0.25, -0.2) is 9.37 Å². The average Bonchev–Trinajstić information content (AvgIpc) is 2.84. The van der Waals surface area contributed by atoms with E-state index in [9.17, 15) is 4.39 Å². The first kappa shape index (κ1) is 14.3. The summed E-state index contributed by atoms with van der Waals surface area (Å²) in [7, 11) is 0. The number of nitrogens with one attached hydrogen (secondary N) is 1. The van der Waals surface area contributed by atoms with Gasteiger partial charge in [0.1, 0.15) is 11.6 Å². The maximum atomic E-state index is 13.2. The van der Waals surface area contributed by atoms with Crippen molar-refractivity contribution in [3.63, 3.8) is 0 Å². The zero-order valence-electron chi connectivity index (χ0n) is 12.7. The number of halogens is 1. The molecule has 0 radical (unpaired) electrons. The first-order valence-electron chi connectivity index (χ1n) is 7.72. The van der Waals surface area contributed by atoms with Crippen molar-refractivity contribution in [3.05, 3.63) is 52.4 Å². The predicted octanol–water partition coefficient (Wildman–Crippen LogP) is 2.78. The highest BCUT2D eigenvalue weighted by Gasteiger charge is 2.18. The number of hydrogen-bond acceptors (Lipinski definition) is 2. The van der Waals surface area contributed by atoms with Crippen molar-refractivity contribution in [2.45, 2.75) is 46.2 Å². The van der Waals surface area contributed by atoms with Gasteiger partial charge < -0.3 is 9.88 Å². The number of imidazole rings is 1. The third-order valence-corrected chi connectivity index (χ3v) is 4.29. The summed E-state index contributed by atoms with van der Waals surface area (Å²) >= 11 is 0. The first-order valence-corrected chi connectivity index (χ1v) is 7.72. The minimum absolute atomic E-state index is 0.156. The van der Waals surface area contributed by atoms with E-state index in [1.165, 1.54) is 22.8 Å². The van der Waals surface area contributed by atoms with Crippen LogP contribution in [-0.4, -0.2) is 16.1 Å². The highest BCUT2D eigenvalue weighted by atomic mass is 19.1. The molecule has 0 aliphatic carbocycles. The maximum Gasteiger partial charge on any atom is 0.123 e. The number of benzene rings is 1. The molecular formula is C17H22FN3. The Kier molecular flexibility index (Phi) is 4.06. The van der Waals surface area contributed by atoms with Crippen LogP contribution in [0.15, 0.2) is 18.2 Å². The second kappa shape index (κ2) is 5.98. The molecule has 0 saturated heterocycles. The molecule has 1 aliphatic heterocycles. The summed E-state index contributed by atoms with van der Waals surface area (Å²) in [6.45, 7) is 6.97. The van der Waals surface area contributed by atoms with Gasteiger partial charge in [0.05, 0.1) is 5.69 Å². The smallest absolute Gasteiger partial charge is 0.123 e. The fourth-order valence-corrected chi connectivity index (χ4v) is 3.13. The summed E-state index contributed by atoms with van der Waals surface area (Å²) in [5.74, 6) is 1.01. The van der Waals surface area contributed by atoms with Crippen LogP contribution in [0.1, 0.15) is 35.3 Å². The lowest BCUT2D eigenvalue weighted by molar-refractivity contribution is 0.576. The predicted molar refractivity (Wildman–Crippen MR) is 81.9 cm³/mol. The molecule has 0 saturated carbocycles. The van der Waals surface area contributed by atoms with Gasteiger partial charge in [0.15, 0.2) is 0 Å². The Balaban J connectivity index is 1.83. The zero-order chi connectivity index (χ0) is 14.8. The van der Waals surface area contributed by atoms with Crippen molar-refractivity contribution in [2.24, 2.45) is 0 Å². The van der Waals surface area contributed by atoms with Gasteiger partial charge in [0, 0.05) is 38.2 Å². The van der Waals surface area contributed by atoms with Gasteiger partial charge in [-0.05, 0) is 36.6 Å². The van der Waals surface area contributed by atoms with E-state index in [4.69, 9.17) is 4.98 Å². The minimum atomic E-state index is -0.156. The van der Waals surface area contributed by atoms with Crippen molar-refractivity contribution in [1.29, 1.82) is 0 Å². The second-order valence-corrected chi connectivity index (χ2v) is 5.67. The van der Waals surface area contributed by atoms with E-state index < -0.39 is 0 Å². The molecule has 0 bridgehead atoms. The fourth-order valence-electron chi connectivity index (χ4n) is 3.13. The molecule has 0 spiro atoms. The zero-order valence-corrected chi connectivity index (χ0v) is 12.7. The van der Waals surface area contributed by atoms with Crippen LogP contribution >= 0.6 is 0 Å². The Morgan fingerprint density at radius 3 is 3.00 bits per heavy atom. The van der Waals surface area contributed by atoms with E-state index in [0.717, 1.165) is 44.5 Å². The van der Waals surface area contributed by atoms with Crippen molar-refractivity contribution < 1.29 is 4.39 Å². The molecule has 112 valence electrons. The Hall–Kier alpha value is -1.68. The van der Waals surface area contributed by atoms with E-state index in [1.54, 1.807) is 12.1 Å². The Labute approximate surface area is 125 Å².